The van der Waals surface area contributed by atoms with Crippen LogP contribution in [0.4, 0.5) is 4.39 Å². The van der Waals surface area contributed by atoms with Gasteiger partial charge in [-0.2, -0.15) is 0 Å². The van der Waals surface area contributed by atoms with Gasteiger partial charge in [0, 0.05) is 11.1 Å². The Morgan fingerprint density at radius 1 is 0.765 bits per heavy atom. The van der Waals surface area contributed by atoms with Crippen LogP contribution < -0.4 is 0 Å². The number of rotatable bonds is 1. The predicted molar refractivity (Wildman–Crippen MR) is 71.9 cm³/mol. The lowest BCUT2D eigenvalue weighted by Crippen LogP contribution is -1.87. The molecule has 5 heteroatoms. The van der Waals surface area contributed by atoms with Crippen LogP contribution in [0.25, 0.3) is 11.1 Å². The summed E-state index contributed by atoms with van der Waals surface area (Å²) < 4.78 is 13.7. The Bertz CT molecular complexity index is 561. The SMILES string of the molecule is Fc1cccc(Cl)c1-c1cc(Cl)c(Cl)cc1Cl. The zero-order valence-corrected chi connectivity index (χ0v) is 11.3. The molecule has 0 bridgehead atoms. The molecule has 0 spiro atoms. The Balaban J connectivity index is 2.73. The van der Waals surface area contributed by atoms with E-state index in [9.17, 15) is 4.39 Å². The fourth-order valence-electron chi connectivity index (χ4n) is 1.47. The monoisotopic (exact) mass is 308 g/mol. The third-order valence-electron chi connectivity index (χ3n) is 2.24. The lowest BCUT2D eigenvalue weighted by Gasteiger charge is -2.09. The van der Waals surface area contributed by atoms with E-state index in [2.05, 4.69) is 0 Å². The quantitative estimate of drug-likeness (QED) is 0.558. The van der Waals surface area contributed by atoms with E-state index in [4.69, 9.17) is 46.4 Å². The average molecular weight is 310 g/mol. The molecular weight excluding hydrogens is 305 g/mol. The van der Waals surface area contributed by atoms with Gasteiger partial charge in [-0.25, -0.2) is 4.39 Å². The molecule has 0 fully saturated rings. The summed E-state index contributed by atoms with van der Waals surface area (Å²) in [4.78, 5) is 0. The molecule has 0 N–H and O–H groups in total. The lowest BCUT2D eigenvalue weighted by molar-refractivity contribution is 0.631. The Morgan fingerprint density at radius 3 is 2.06 bits per heavy atom. The van der Waals surface area contributed by atoms with Crippen molar-refractivity contribution in [2.45, 2.75) is 0 Å². The molecule has 0 saturated heterocycles. The molecule has 2 rings (SSSR count). The fourth-order valence-corrected chi connectivity index (χ4v) is 2.38. The van der Waals surface area contributed by atoms with E-state index in [0.29, 0.717) is 20.6 Å². The number of hydrogen-bond donors (Lipinski definition) is 0. The Hall–Kier alpha value is -0.470. The zero-order valence-electron chi connectivity index (χ0n) is 8.28. The van der Waals surface area contributed by atoms with Crippen molar-refractivity contribution in [2.24, 2.45) is 0 Å². The van der Waals surface area contributed by atoms with E-state index in [-0.39, 0.29) is 10.6 Å². The molecule has 0 aliphatic rings. The fraction of sp³-hybridized carbons (Fsp3) is 0. The summed E-state index contributed by atoms with van der Waals surface area (Å²) >= 11 is 23.7. The summed E-state index contributed by atoms with van der Waals surface area (Å²) in [5.74, 6) is -0.460. The molecule has 0 aliphatic carbocycles. The smallest absolute Gasteiger partial charge is 0.132 e. The average Bonchev–Trinajstić information content (AvgIpc) is 2.25. The zero-order chi connectivity index (χ0) is 12.6. The highest BCUT2D eigenvalue weighted by Gasteiger charge is 2.14. The molecule has 0 aromatic heterocycles. The van der Waals surface area contributed by atoms with Crippen molar-refractivity contribution in [1.29, 1.82) is 0 Å². The normalized spacial score (nSPS) is 10.6. The van der Waals surface area contributed by atoms with Crippen LogP contribution in [0, 0.1) is 5.82 Å². The van der Waals surface area contributed by atoms with Crippen LogP contribution >= 0.6 is 46.4 Å². The first-order valence-corrected chi connectivity index (χ1v) is 6.11. The van der Waals surface area contributed by atoms with Gasteiger partial charge < -0.3 is 0 Å². The van der Waals surface area contributed by atoms with Crippen molar-refractivity contribution in [2.75, 3.05) is 0 Å². The van der Waals surface area contributed by atoms with Crippen molar-refractivity contribution in [3.8, 4) is 11.1 Å². The minimum absolute atomic E-state index is 0.220. The van der Waals surface area contributed by atoms with Crippen LogP contribution in [0.2, 0.25) is 20.1 Å². The Kier molecular flexibility index (Phi) is 3.84. The second-order valence-corrected chi connectivity index (χ2v) is 4.97. The molecule has 2 aromatic carbocycles. The van der Waals surface area contributed by atoms with Gasteiger partial charge in [-0.3, -0.25) is 0 Å². The first kappa shape index (κ1) is 13.0. The van der Waals surface area contributed by atoms with Crippen molar-refractivity contribution < 1.29 is 4.39 Å². The minimum Gasteiger partial charge on any atom is -0.206 e. The van der Waals surface area contributed by atoms with Crippen molar-refractivity contribution in [3.63, 3.8) is 0 Å². The van der Waals surface area contributed by atoms with Gasteiger partial charge in [-0.15, -0.1) is 0 Å². The number of benzene rings is 2. The van der Waals surface area contributed by atoms with Crippen LogP contribution in [-0.4, -0.2) is 0 Å². The molecular formula is C12H5Cl4F. The lowest BCUT2D eigenvalue weighted by atomic mass is 10.1. The second-order valence-electron chi connectivity index (χ2n) is 3.34. The van der Waals surface area contributed by atoms with Crippen LogP contribution in [-0.2, 0) is 0 Å². The molecule has 2 aromatic rings. The molecule has 17 heavy (non-hydrogen) atoms. The highest BCUT2D eigenvalue weighted by molar-refractivity contribution is 6.44. The standard InChI is InChI=1S/C12H5Cl4F/c13-7-2-1-3-11(17)12(7)6-4-9(15)10(16)5-8(6)14/h1-5H. The van der Waals surface area contributed by atoms with E-state index in [0.717, 1.165) is 0 Å². The molecule has 0 radical (unpaired) electrons. The highest BCUT2D eigenvalue weighted by atomic mass is 35.5. The van der Waals surface area contributed by atoms with Gasteiger partial charge in [0.2, 0.25) is 0 Å². The molecule has 0 saturated carbocycles. The van der Waals surface area contributed by atoms with Gasteiger partial charge in [0.05, 0.1) is 20.1 Å². The van der Waals surface area contributed by atoms with Gasteiger partial charge in [0.25, 0.3) is 0 Å². The molecule has 0 unspecified atom stereocenters. The van der Waals surface area contributed by atoms with E-state index in [1.54, 1.807) is 6.07 Å². The van der Waals surface area contributed by atoms with Crippen molar-refractivity contribution in [1.82, 2.24) is 0 Å². The van der Waals surface area contributed by atoms with Crippen molar-refractivity contribution in [3.05, 3.63) is 56.2 Å². The Labute approximate surface area is 118 Å². The van der Waals surface area contributed by atoms with Gasteiger partial charge >= 0.3 is 0 Å². The molecule has 0 nitrogen and oxygen atoms in total. The highest BCUT2D eigenvalue weighted by Crippen LogP contribution is 2.39. The third-order valence-corrected chi connectivity index (χ3v) is 3.59. The van der Waals surface area contributed by atoms with E-state index < -0.39 is 5.82 Å². The summed E-state index contributed by atoms with van der Waals surface area (Å²) in [6.07, 6.45) is 0. The van der Waals surface area contributed by atoms with Gasteiger partial charge in [0.1, 0.15) is 5.82 Å². The van der Waals surface area contributed by atoms with Gasteiger partial charge in [0.15, 0.2) is 0 Å². The number of halogens is 5. The maximum absolute atomic E-state index is 13.7. The summed E-state index contributed by atoms with van der Waals surface area (Å²) in [6, 6.07) is 7.37. The molecule has 0 heterocycles. The summed E-state index contributed by atoms with van der Waals surface area (Å²) in [6.45, 7) is 0. The topological polar surface area (TPSA) is 0 Å². The minimum atomic E-state index is -0.460. The summed E-state index contributed by atoms with van der Waals surface area (Å²) in [5, 5.41) is 1.18. The molecule has 0 aliphatic heterocycles. The molecule has 0 amide bonds. The van der Waals surface area contributed by atoms with Crippen LogP contribution in [0.15, 0.2) is 30.3 Å². The van der Waals surface area contributed by atoms with Crippen LogP contribution in [0.5, 0.6) is 0 Å². The summed E-state index contributed by atoms with van der Waals surface area (Å²) in [5.41, 5.74) is 0.641. The maximum Gasteiger partial charge on any atom is 0.132 e. The summed E-state index contributed by atoms with van der Waals surface area (Å²) in [7, 11) is 0. The van der Waals surface area contributed by atoms with Gasteiger partial charge in [-0.1, -0.05) is 52.5 Å². The molecule has 88 valence electrons. The van der Waals surface area contributed by atoms with E-state index >= 15 is 0 Å². The number of hydrogen-bond acceptors (Lipinski definition) is 0. The maximum atomic E-state index is 13.7. The van der Waals surface area contributed by atoms with E-state index in [1.165, 1.54) is 24.3 Å². The predicted octanol–water partition coefficient (Wildman–Crippen LogP) is 6.11. The molecule has 0 atom stereocenters. The Morgan fingerprint density at radius 2 is 1.41 bits per heavy atom. The first-order chi connectivity index (χ1) is 8.00. The van der Waals surface area contributed by atoms with Crippen LogP contribution in [0.3, 0.4) is 0 Å². The van der Waals surface area contributed by atoms with Gasteiger partial charge in [-0.05, 0) is 24.3 Å². The second kappa shape index (κ2) is 5.03. The first-order valence-electron chi connectivity index (χ1n) is 4.59. The van der Waals surface area contributed by atoms with Crippen molar-refractivity contribution >= 4 is 46.4 Å². The van der Waals surface area contributed by atoms with E-state index in [1.807, 2.05) is 0 Å². The third kappa shape index (κ3) is 2.53. The largest absolute Gasteiger partial charge is 0.206 e. The van der Waals surface area contributed by atoms with Crippen LogP contribution in [0.1, 0.15) is 0 Å².